The molecule has 4 aliphatic rings. The van der Waals surface area contributed by atoms with Crippen molar-refractivity contribution >= 4 is 27.8 Å². The number of likely N-dealkylation sites (N-methyl/N-ethyl adjacent to an activating group) is 1. The van der Waals surface area contributed by atoms with Crippen LogP contribution in [0.1, 0.15) is 58.8 Å². The molecule has 0 aromatic heterocycles. The minimum Gasteiger partial charge on any atom is -0.453 e. The van der Waals surface area contributed by atoms with Gasteiger partial charge in [-0.2, -0.15) is 0 Å². The molecule has 0 aromatic rings. The normalized spacial score (nSPS) is 40.3. The zero-order chi connectivity index (χ0) is 16.0. The van der Waals surface area contributed by atoms with E-state index in [9.17, 15) is 9.59 Å². The molecule has 0 aliphatic heterocycles. The number of hydrogen-bond acceptors (Lipinski definition) is 3. The summed E-state index contributed by atoms with van der Waals surface area (Å²) in [5.41, 5.74) is 0.103. The number of rotatable bonds is 5. The van der Waals surface area contributed by atoms with Crippen molar-refractivity contribution < 1.29 is 14.3 Å². The van der Waals surface area contributed by atoms with Crippen LogP contribution in [0.2, 0.25) is 0 Å². The molecule has 22 heavy (non-hydrogen) atoms. The van der Waals surface area contributed by atoms with E-state index < -0.39 is 6.10 Å². The van der Waals surface area contributed by atoms with Gasteiger partial charge < -0.3 is 10.1 Å². The Balaban J connectivity index is 1.61. The average Bonchev–Trinajstić information content (AvgIpc) is 2.34. The molecule has 0 heterocycles. The summed E-state index contributed by atoms with van der Waals surface area (Å²) in [6.07, 6.45) is 7.02. The first-order valence-corrected chi connectivity index (χ1v) is 9.28. The molecule has 1 amide bonds. The van der Waals surface area contributed by atoms with Crippen molar-refractivity contribution in [1.82, 2.24) is 5.32 Å². The number of alkyl halides is 1. The highest BCUT2D eigenvalue weighted by Gasteiger charge is 2.57. The molecule has 4 aliphatic carbocycles. The molecule has 124 valence electrons. The predicted octanol–water partition coefficient (Wildman–Crippen LogP) is 3.18. The fourth-order valence-electron chi connectivity index (χ4n) is 5.46. The molecule has 4 saturated carbocycles. The van der Waals surface area contributed by atoms with Gasteiger partial charge in [-0.05, 0) is 69.6 Å². The summed E-state index contributed by atoms with van der Waals surface area (Å²) >= 11 is 3.96. The van der Waals surface area contributed by atoms with Gasteiger partial charge in [0.1, 0.15) is 0 Å². The van der Waals surface area contributed by atoms with E-state index in [1.54, 1.807) is 6.92 Å². The van der Waals surface area contributed by atoms with Crippen LogP contribution < -0.4 is 5.32 Å². The molecule has 0 unspecified atom stereocenters. The van der Waals surface area contributed by atoms with Gasteiger partial charge in [-0.15, -0.1) is 0 Å². The predicted molar refractivity (Wildman–Crippen MR) is 87.6 cm³/mol. The van der Waals surface area contributed by atoms with Crippen LogP contribution >= 0.6 is 15.9 Å². The van der Waals surface area contributed by atoms with Crippen LogP contribution in [0.4, 0.5) is 0 Å². The Hall–Kier alpha value is -0.580. The number of ether oxygens (including phenoxy) is 1. The second kappa shape index (κ2) is 5.81. The maximum atomic E-state index is 12.3. The third kappa shape index (κ3) is 3.19. The van der Waals surface area contributed by atoms with Crippen molar-refractivity contribution in [3.8, 4) is 0 Å². The van der Waals surface area contributed by atoms with E-state index >= 15 is 0 Å². The van der Waals surface area contributed by atoms with Gasteiger partial charge in [0, 0.05) is 10.9 Å². The maximum absolute atomic E-state index is 12.3. The molecule has 0 aromatic carbocycles. The van der Waals surface area contributed by atoms with E-state index in [0.717, 1.165) is 31.1 Å². The standard InChI is InChI=1S/C17H26BrNO3/c1-3-19-15(21)11(2)22-14(20)9-16-5-12-4-13(6-16)8-17(18,7-12)10-16/h11-13H,3-10H2,1-2H3,(H,19,21)/t11-,12+,13+,16?,17?/m1/s1. The topological polar surface area (TPSA) is 55.4 Å². The van der Waals surface area contributed by atoms with Crippen molar-refractivity contribution in [2.45, 2.75) is 69.2 Å². The molecule has 0 spiro atoms. The molecule has 3 atom stereocenters. The minimum atomic E-state index is -0.695. The molecule has 4 fully saturated rings. The maximum Gasteiger partial charge on any atom is 0.307 e. The van der Waals surface area contributed by atoms with Crippen LogP contribution in [-0.2, 0) is 14.3 Å². The van der Waals surface area contributed by atoms with Gasteiger partial charge in [-0.3, -0.25) is 9.59 Å². The lowest BCUT2D eigenvalue weighted by atomic mass is 9.49. The lowest BCUT2D eigenvalue weighted by Gasteiger charge is -2.60. The highest BCUT2D eigenvalue weighted by Crippen LogP contribution is 2.65. The summed E-state index contributed by atoms with van der Waals surface area (Å²) in [6.45, 7) is 4.06. The fraction of sp³-hybridized carbons (Fsp3) is 0.882. The second-order valence-corrected chi connectivity index (χ2v) is 9.50. The van der Waals surface area contributed by atoms with Crippen LogP contribution in [-0.4, -0.2) is 28.8 Å². The first-order valence-electron chi connectivity index (χ1n) is 8.49. The summed E-state index contributed by atoms with van der Waals surface area (Å²) in [5, 5.41) is 2.69. The average molecular weight is 372 g/mol. The molecular weight excluding hydrogens is 346 g/mol. The van der Waals surface area contributed by atoms with Crippen molar-refractivity contribution in [3.63, 3.8) is 0 Å². The second-order valence-electron chi connectivity index (χ2n) is 7.82. The number of amides is 1. The first kappa shape index (κ1) is 16.3. The molecule has 4 rings (SSSR count). The summed E-state index contributed by atoms with van der Waals surface area (Å²) in [6, 6.07) is 0. The lowest BCUT2D eigenvalue weighted by Crippen LogP contribution is -2.53. The Morgan fingerprint density at radius 1 is 1.27 bits per heavy atom. The molecular formula is C17H26BrNO3. The Labute approximate surface area is 140 Å². The zero-order valence-corrected chi connectivity index (χ0v) is 15.1. The van der Waals surface area contributed by atoms with E-state index in [2.05, 4.69) is 21.2 Å². The number of esters is 1. The van der Waals surface area contributed by atoms with E-state index in [-0.39, 0.29) is 21.6 Å². The van der Waals surface area contributed by atoms with E-state index in [0.29, 0.717) is 13.0 Å². The Morgan fingerprint density at radius 3 is 2.45 bits per heavy atom. The molecule has 4 nitrogen and oxygen atoms in total. The third-order valence-corrected chi connectivity index (χ3v) is 6.59. The number of hydrogen-bond donors (Lipinski definition) is 1. The molecule has 5 heteroatoms. The lowest BCUT2D eigenvalue weighted by molar-refractivity contribution is -0.160. The summed E-state index contributed by atoms with van der Waals surface area (Å²) < 4.78 is 5.62. The summed E-state index contributed by atoms with van der Waals surface area (Å²) in [5.74, 6) is 1.10. The molecule has 0 radical (unpaired) electrons. The Morgan fingerprint density at radius 2 is 1.91 bits per heavy atom. The number of nitrogens with one attached hydrogen (secondary N) is 1. The summed E-state index contributed by atoms with van der Waals surface area (Å²) in [4.78, 5) is 24.0. The van der Waals surface area contributed by atoms with Crippen molar-refractivity contribution in [2.24, 2.45) is 17.3 Å². The van der Waals surface area contributed by atoms with E-state index in [1.807, 2.05) is 6.92 Å². The van der Waals surface area contributed by atoms with Crippen LogP contribution in [0.25, 0.3) is 0 Å². The first-order chi connectivity index (χ1) is 10.3. The molecule has 1 N–H and O–H groups in total. The number of halogens is 1. The Kier molecular flexibility index (Phi) is 4.30. The quantitative estimate of drug-likeness (QED) is 0.596. The summed E-state index contributed by atoms with van der Waals surface area (Å²) in [7, 11) is 0. The van der Waals surface area contributed by atoms with Gasteiger partial charge in [0.15, 0.2) is 6.10 Å². The molecule has 0 saturated heterocycles. The largest absolute Gasteiger partial charge is 0.453 e. The fourth-order valence-corrected chi connectivity index (χ4v) is 6.97. The minimum absolute atomic E-state index is 0.103. The van der Waals surface area contributed by atoms with E-state index in [1.165, 1.54) is 19.3 Å². The van der Waals surface area contributed by atoms with Gasteiger partial charge >= 0.3 is 5.97 Å². The smallest absolute Gasteiger partial charge is 0.307 e. The van der Waals surface area contributed by atoms with E-state index in [4.69, 9.17) is 4.74 Å². The number of carbonyl (C=O) groups is 2. The van der Waals surface area contributed by atoms with Crippen molar-refractivity contribution in [1.29, 1.82) is 0 Å². The van der Waals surface area contributed by atoms with Crippen LogP contribution in [0.15, 0.2) is 0 Å². The van der Waals surface area contributed by atoms with Gasteiger partial charge in [-0.25, -0.2) is 0 Å². The van der Waals surface area contributed by atoms with Crippen molar-refractivity contribution in [3.05, 3.63) is 0 Å². The van der Waals surface area contributed by atoms with Crippen molar-refractivity contribution in [2.75, 3.05) is 6.54 Å². The van der Waals surface area contributed by atoms with Gasteiger partial charge in [-0.1, -0.05) is 15.9 Å². The third-order valence-electron chi connectivity index (χ3n) is 5.66. The number of carbonyl (C=O) groups excluding carboxylic acids is 2. The zero-order valence-electron chi connectivity index (χ0n) is 13.5. The SMILES string of the molecule is CCNC(=O)[C@@H](C)OC(=O)CC12C[C@@H]3C[C@H](CC(Br)(C3)C1)C2. The van der Waals surface area contributed by atoms with Gasteiger partial charge in [0.05, 0.1) is 6.42 Å². The highest BCUT2D eigenvalue weighted by molar-refractivity contribution is 9.10. The van der Waals surface area contributed by atoms with Crippen LogP contribution in [0.5, 0.6) is 0 Å². The van der Waals surface area contributed by atoms with Gasteiger partial charge in [0.25, 0.3) is 5.91 Å². The molecule has 4 bridgehead atoms. The van der Waals surface area contributed by atoms with Crippen LogP contribution in [0.3, 0.4) is 0 Å². The van der Waals surface area contributed by atoms with Crippen LogP contribution in [0, 0.1) is 17.3 Å². The highest BCUT2D eigenvalue weighted by atomic mass is 79.9. The monoisotopic (exact) mass is 371 g/mol. The Bertz CT molecular complexity index is 465. The van der Waals surface area contributed by atoms with Gasteiger partial charge in [0.2, 0.25) is 0 Å².